The number of nitrogen functional groups attached to an aromatic ring is 1. The van der Waals surface area contributed by atoms with Crippen LogP contribution in [-0.2, 0) is 9.84 Å². The van der Waals surface area contributed by atoms with Crippen LogP contribution >= 0.6 is 23.2 Å². The van der Waals surface area contributed by atoms with Crippen molar-refractivity contribution in [1.29, 1.82) is 0 Å². The first-order chi connectivity index (χ1) is 14.3. The number of ether oxygens (including phenoxy) is 2. The molecule has 0 bridgehead atoms. The van der Waals surface area contributed by atoms with Gasteiger partial charge in [0.05, 0.1) is 27.6 Å². The highest BCUT2D eigenvalue weighted by molar-refractivity contribution is 7.91. The second kappa shape index (κ2) is 7.75. The van der Waals surface area contributed by atoms with E-state index in [1.165, 1.54) is 31.5 Å². The van der Waals surface area contributed by atoms with E-state index >= 15 is 0 Å². The van der Waals surface area contributed by atoms with Gasteiger partial charge in [-0.25, -0.2) is 8.42 Å². The number of methoxy groups -OCH3 is 1. The van der Waals surface area contributed by atoms with Crippen molar-refractivity contribution in [3.8, 4) is 17.2 Å². The van der Waals surface area contributed by atoms with Crippen molar-refractivity contribution in [1.82, 2.24) is 4.98 Å². The van der Waals surface area contributed by atoms with Crippen LogP contribution in [-0.4, -0.2) is 20.5 Å². The molecule has 3 aromatic carbocycles. The molecule has 4 aromatic rings. The van der Waals surface area contributed by atoms with Gasteiger partial charge in [-0.2, -0.15) is 0 Å². The molecular weight excluding hydrogens is 447 g/mol. The number of benzene rings is 3. The largest absolute Gasteiger partial charge is 0.497 e. The van der Waals surface area contributed by atoms with E-state index in [1.807, 2.05) is 0 Å². The van der Waals surface area contributed by atoms with Gasteiger partial charge in [0.15, 0.2) is 5.75 Å². The summed E-state index contributed by atoms with van der Waals surface area (Å²) in [6, 6.07) is 15.3. The summed E-state index contributed by atoms with van der Waals surface area (Å²) in [4.78, 5) is 3.24. The van der Waals surface area contributed by atoms with Crippen molar-refractivity contribution in [2.24, 2.45) is 0 Å². The summed E-state index contributed by atoms with van der Waals surface area (Å²) in [5.74, 6) is 1.09. The zero-order valence-corrected chi connectivity index (χ0v) is 17.9. The molecule has 0 aliphatic rings. The van der Waals surface area contributed by atoms with Crippen LogP contribution in [0, 0.1) is 6.07 Å². The number of aromatic amines is 1. The average molecular weight is 462 g/mol. The molecule has 4 rings (SSSR count). The fourth-order valence-corrected chi connectivity index (χ4v) is 4.80. The van der Waals surface area contributed by atoms with Crippen LogP contribution in [0.25, 0.3) is 10.9 Å². The molecule has 0 atom stereocenters. The highest BCUT2D eigenvalue weighted by Crippen LogP contribution is 2.40. The summed E-state index contributed by atoms with van der Waals surface area (Å²) in [5.41, 5.74) is 6.59. The van der Waals surface area contributed by atoms with Gasteiger partial charge in [0, 0.05) is 23.2 Å². The van der Waals surface area contributed by atoms with Crippen LogP contribution < -0.4 is 15.2 Å². The van der Waals surface area contributed by atoms with Gasteiger partial charge in [-0.1, -0.05) is 23.2 Å². The molecule has 153 valence electrons. The van der Waals surface area contributed by atoms with E-state index in [4.69, 9.17) is 38.4 Å². The number of nitrogens with one attached hydrogen (secondary N) is 1. The maximum Gasteiger partial charge on any atom is 0.208 e. The lowest BCUT2D eigenvalue weighted by Crippen LogP contribution is -2.01. The number of aromatic nitrogens is 1. The maximum absolute atomic E-state index is 13.2. The Morgan fingerprint density at radius 2 is 1.77 bits per heavy atom. The van der Waals surface area contributed by atoms with Crippen LogP contribution in [0.5, 0.6) is 17.2 Å². The summed E-state index contributed by atoms with van der Waals surface area (Å²) in [6.45, 7) is 0. The molecule has 0 saturated carbocycles. The van der Waals surface area contributed by atoms with Crippen molar-refractivity contribution in [2.45, 2.75) is 9.79 Å². The Labute approximate surface area is 183 Å². The molecular formula is C21H15Cl2N2O4S. The second-order valence-electron chi connectivity index (χ2n) is 6.33. The first kappa shape index (κ1) is 20.4. The number of halogens is 2. The van der Waals surface area contributed by atoms with Crippen LogP contribution in [0.2, 0.25) is 10.0 Å². The minimum atomic E-state index is -3.78. The van der Waals surface area contributed by atoms with Gasteiger partial charge in [-0.15, -0.1) is 0 Å². The van der Waals surface area contributed by atoms with Gasteiger partial charge >= 0.3 is 0 Å². The van der Waals surface area contributed by atoms with Crippen LogP contribution in [0.15, 0.2) is 64.5 Å². The van der Waals surface area contributed by atoms with Crippen LogP contribution in [0.4, 0.5) is 5.69 Å². The van der Waals surface area contributed by atoms with E-state index in [-0.39, 0.29) is 31.3 Å². The monoisotopic (exact) mass is 461 g/mol. The fourth-order valence-electron chi connectivity index (χ4n) is 2.95. The van der Waals surface area contributed by atoms with Crippen LogP contribution in [0.3, 0.4) is 0 Å². The zero-order valence-electron chi connectivity index (χ0n) is 15.6. The predicted molar refractivity (Wildman–Crippen MR) is 117 cm³/mol. The third-order valence-corrected chi connectivity index (χ3v) is 6.97. The van der Waals surface area contributed by atoms with E-state index in [1.54, 1.807) is 30.3 Å². The van der Waals surface area contributed by atoms with Crippen molar-refractivity contribution in [3.63, 3.8) is 0 Å². The molecule has 6 nitrogen and oxygen atoms in total. The van der Waals surface area contributed by atoms with Crippen molar-refractivity contribution in [3.05, 3.63) is 70.8 Å². The number of anilines is 1. The average Bonchev–Trinajstić information content (AvgIpc) is 3.18. The molecule has 30 heavy (non-hydrogen) atoms. The smallest absolute Gasteiger partial charge is 0.208 e. The van der Waals surface area contributed by atoms with Gasteiger partial charge in [-0.05, 0) is 48.5 Å². The molecule has 0 unspecified atom stereocenters. The molecule has 0 spiro atoms. The topological polar surface area (TPSA) is 94.4 Å². The van der Waals surface area contributed by atoms with E-state index in [2.05, 4.69) is 11.1 Å². The van der Waals surface area contributed by atoms with Gasteiger partial charge in [0.25, 0.3) is 0 Å². The predicted octanol–water partition coefficient (Wildman–Crippen LogP) is 5.49. The first-order valence-corrected chi connectivity index (χ1v) is 10.9. The Bertz CT molecular complexity index is 1350. The summed E-state index contributed by atoms with van der Waals surface area (Å²) < 4.78 is 37.2. The second-order valence-corrected chi connectivity index (χ2v) is 9.04. The number of hydrogen-bond acceptors (Lipinski definition) is 5. The molecule has 1 heterocycles. The summed E-state index contributed by atoms with van der Waals surface area (Å²) in [7, 11) is -2.26. The highest BCUT2D eigenvalue weighted by Gasteiger charge is 2.22. The Kier molecular flexibility index (Phi) is 5.27. The molecule has 9 heteroatoms. The summed E-state index contributed by atoms with van der Waals surface area (Å²) in [5, 5.41) is 0.822. The highest BCUT2D eigenvalue weighted by atomic mass is 35.5. The van der Waals surface area contributed by atoms with E-state index < -0.39 is 9.84 Å². The first-order valence-electron chi connectivity index (χ1n) is 8.64. The quantitative estimate of drug-likeness (QED) is 0.383. The number of fused-ring (bicyclic) bond motifs is 1. The number of rotatable bonds is 5. The minimum absolute atomic E-state index is 0.117. The SMILES string of the molecule is COc1ccc(S(=O)(=O)c2c[nH]c3ccc(Oc4c(Cl)c[c]c(N)c4Cl)cc23)cc1. The third-order valence-electron chi connectivity index (χ3n) is 4.50. The lowest BCUT2D eigenvalue weighted by atomic mass is 10.2. The molecule has 3 N–H and O–H groups in total. The Balaban J connectivity index is 1.77. The molecule has 0 fully saturated rings. The standard InChI is InChI=1S/C21H15Cl2N2O4S/c1-28-12-2-5-14(6-3-12)30(26,27)19-11-25-18-9-4-13(10-15(18)19)29-21-16(22)7-8-17(24)20(21)23/h2-7,9-11,25H,24H2,1H3. The minimum Gasteiger partial charge on any atom is -0.497 e. The molecule has 0 saturated heterocycles. The number of nitrogens with two attached hydrogens (primary N) is 1. The number of sulfone groups is 1. The molecule has 0 amide bonds. The van der Waals surface area contributed by atoms with Crippen LogP contribution in [0.1, 0.15) is 0 Å². The Morgan fingerprint density at radius 3 is 2.47 bits per heavy atom. The normalized spacial score (nSPS) is 11.6. The van der Waals surface area contributed by atoms with E-state index in [0.29, 0.717) is 22.4 Å². The van der Waals surface area contributed by atoms with Crippen molar-refractivity contribution in [2.75, 3.05) is 12.8 Å². The van der Waals surface area contributed by atoms with Gasteiger partial charge in [0.2, 0.25) is 9.84 Å². The van der Waals surface area contributed by atoms with Gasteiger partial charge in [-0.3, -0.25) is 0 Å². The lowest BCUT2D eigenvalue weighted by molar-refractivity contribution is 0.414. The number of hydrogen-bond donors (Lipinski definition) is 2. The van der Waals surface area contributed by atoms with Crippen molar-refractivity contribution < 1.29 is 17.9 Å². The Morgan fingerprint density at radius 1 is 1.07 bits per heavy atom. The lowest BCUT2D eigenvalue weighted by Gasteiger charge is -2.11. The van der Waals surface area contributed by atoms with E-state index in [9.17, 15) is 8.42 Å². The number of H-pyrrole nitrogens is 1. The molecule has 0 aliphatic heterocycles. The molecule has 0 aliphatic carbocycles. The molecule has 1 aromatic heterocycles. The van der Waals surface area contributed by atoms with Gasteiger partial charge in [0.1, 0.15) is 16.5 Å². The van der Waals surface area contributed by atoms with Crippen molar-refractivity contribution >= 4 is 49.6 Å². The zero-order chi connectivity index (χ0) is 21.5. The third kappa shape index (κ3) is 3.56. The summed E-state index contributed by atoms with van der Waals surface area (Å²) >= 11 is 12.3. The Hall–Kier alpha value is -2.87. The van der Waals surface area contributed by atoms with Gasteiger partial charge < -0.3 is 20.2 Å². The van der Waals surface area contributed by atoms with E-state index in [0.717, 1.165) is 0 Å². The summed E-state index contributed by atoms with van der Waals surface area (Å²) in [6.07, 6.45) is 1.45. The maximum atomic E-state index is 13.2. The molecule has 1 radical (unpaired) electrons. The fraction of sp³-hybridized carbons (Fsp3) is 0.0476.